The lowest BCUT2D eigenvalue weighted by Gasteiger charge is -2.18. The lowest BCUT2D eigenvalue weighted by atomic mass is 9.94. The second kappa shape index (κ2) is 10.5. The largest absolute Gasteiger partial charge is 0.393 e. The van der Waals surface area contributed by atoms with Gasteiger partial charge in [-0.05, 0) is 18.8 Å². The van der Waals surface area contributed by atoms with Crippen molar-refractivity contribution in [2.24, 2.45) is 5.92 Å². The van der Waals surface area contributed by atoms with Crippen LogP contribution >= 0.6 is 0 Å². The smallest absolute Gasteiger partial charge is 0.0565 e. The van der Waals surface area contributed by atoms with Gasteiger partial charge < -0.3 is 5.11 Å². The molecule has 0 bridgehead atoms. The van der Waals surface area contributed by atoms with E-state index in [0.717, 1.165) is 6.42 Å². The van der Waals surface area contributed by atoms with E-state index in [-0.39, 0.29) is 6.10 Å². The Morgan fingerprint density at radius 1 is 0.800 bits per heavy atom. The first-order valence-corrected chi connectivity index (χ1v) is 6.90. The van der Waals surface area contributed by atoms with Crippen LogP contribution in [0.1, 0.15) is 78.6 Å². The third kappa shape index (κ3) is 8.92. The monoisotopic (exact) mass is 214 g/mol. The van der Waals surface area contributed by atoms with E-state index in [1.807, 2.05) is 0 Å². The Bertz CT molecular complexity index is 123. The van der Waals surface area contributed by atoms with Gasteiger partial charge in [0.1, 0.15) is 0 Å². The third-order valence-corrected chi connectivity index (χ3v) is 3.27. The Hall–Kier alpha value is -0.0400. The Morgan fingerprint density at radius 3 is 1.93 bits per heavy atom. The van der Waals surface area contributed by atoms with Gasteiger partial charge in [0, 0.05) is 0 Å². The highest BCUT2D eigenvalue weighted by molar-refractivity contribution is 4.64. The second-order valence-corrected chi connectivity index (χ2v) is 4.89. The molecule has 0 spiro atoms. The standard InChI is InChI=1S/C14H30O/c1-4-6-8-10-12-14(15)13(3)11-9-7-5-2/h13-15H,4-12H2,1-3H3. The number of hydrogen-bond donors (Lipinski definition) is 1. The maximum Gasteiger partial charge on any atom is 0.0565 e. The SMILES string of the molecule is CCCCCCC(O)C(C)CCCCC. The highest BCUT2D eigenvalue weighted by Crippen LogP contribution is 2.18. The van der Waals surface area contributed by atoms with Gasteiger partial charge >= 0.3 is 0 Å². The Morgan fingerprint density at radius 2 is 1.33 bits per heavy atom. The van der Waals surface area contributed by atoms with Crippen LogP contribution in [0, 0.1) is 5.92 Å². The minimum absolute atomic E-state index is 0.0567. The lowest BCUT2D eigenvalue weighted by molar-refractivity contribution is 0.0986. The fraction of sp³-hybridized carbons (Fsp3) is 1.00. The molecule has 0 aliphatic carbocycles. The van der Waals surface area contributed by atoms with Gasteiger partial charge in [0.05, 0.1) is 6.10 Å². The quantitative estimate of drug-likeness (QED) is 0.530. The third-order valence-electron chi connectivity index (χ3n) is 3.27. The first-order chi connectivity index (χ1) is 7.22. The fourth-order valence-corrected chi connectivity index (χ4v) is 1.97. The van der Waals surface area contributed by atoms with Gasteiger partial charge in [0.2, 0.25) is 0 Å². The molecule has 0 aromatic carbocycles. The minimum atomic E-state index is -0.0567. The van der Waals surface area contributed by atoms with E-state index < -0.39 is 0 Å². The van der Waals surface area contributed by atoms with Gasteiger partial charge in [-0.2, -0.15) is 0 Å². The van der Waals surface area contributed by atoms with Crippen molar-refractivity contribution in [3.05, 3.63) is 0 Å². The van der Waals surface area contributed by atoms with Gasteiger partial charge in [-0.1, -0.05) is 65.7 Å². The van der Waals surface area contributed by atoms with Crippen LogP contribution in [0.3, 0.4) is 0 Å². The average molecular weight is 214 g/mol. The summed E-state index contributed by atoms with van der Waals surface area (Å²) in [6, 6.07) is 0. The van der Waals surface area contributed by atoms with Crippen LogP contribution in [-0.2, 0) is 0 Å². The van der Waals surface area contributed by atoms with Gasteiger partial charge in [0.25, 0.3) is 0 Å². The summed E-state index contributed by atoms with van der Waals surface area (Å²) in [7, 11) is 0. The summed E-state index contributed by atoms with van der Waals surface area (Å²) in [6.45, 7) is 6.65. The van der Waals surface area contributed by atoms with Crippen LogP contribution in [0.4, 0.5) is 0 Å². The maximum atomic E-state index is 9.92. The normalized spacial score (nSPS) is 15.2. The average Bonchev–Trinajstić information content (AvgIpc) is 2.24. The molecule has 0 fully saturated rings. The molecule has 0 heterocycles. The molecule has 1 heteroatoms. The summed E-state index contributed by atoms with van der Waals surface area (Å²) in [5, 5.41) is 9.92. The summed E-state index contributed by atoms with van der Waals surface area (Å²) in [4.78, 5) is 0. The zero-order chi connectivity index (χ0) is 11.5. The fourth-order valence-electron chi connectivity index (χ4n) is 1.97. The zero-order valence-corrected chi connectivity index (χ0v) is 11.0. The molecular formula is C14H30O. The molecule has 2 atom stereocenters. The van der Waals surface area contributed by atoms with Crippen molar-refractivity contribution >= 4 is 0 Å². The lowest BCUT2D eigenvalue weighted by Crippen LogP contribution is -2.17. The molecule has 15 heavy (non-hydrogen) atoms. The number of unbranched alkanes of at least 4 members (excludes halogenated alkanes) is 5. The molecule has 0 rings (SSSR count). The van der Waals surface area contributed by atoms with E-state index in [1.165, 1.54) is 51.4 Å². The molecule has 0 aromatic heterocycles. The molecule has 0 aromatic rings. The van der Waals surface area contributed by atoms with Crippen LogP contribution in [0.25, 0.3) is 0 Å². The number of aliphatic hydroxyl groups is 1. The van der Waals surface area contributed by atoms with Crippen molar-refractivity contribution < 1.29 is 5.11 Å². The van der Waals surface area contributed by atoms with Crippen molar-refractivity contribution in [3.8, 4) is 0 Å². The van der Waals surface area contributed by atoms with E-state index in [2.05, 4.69) is 20.8 Å². The Balaban J connectivity index is 3.38. The van der Waals surface area contributed by atoms with Crippen molar-refractivity contribution in [3.63, 3.8) is 0 Å². The van der Waals surface area contributed by atoms with Crippen LogP contribution < -0.4 is 0 Å². The number of rotatable bonds is 10. The Kier molecular flexibility index (Phi) is 10.4. The Labute approximate surface area is 96.3 Å². The topological polar surface area (TPSA) is 20.2 Å². The first kappa shape index (κ1) is 15.0. The predicted molar refractivity (Wildman–Crippen MR) is 68.1 cm³/mol. The van der Waals surface area contributed by atoms with Crippen molar-refractivity contribution in [2.45, 2.75) is 84.7 Å². The van der Waals surface area contributed by atoms with Crippen molar-refractivity contribution in [1.29, 1.82) is 0 Å². The van der Waals surface area contributed by atoms with Crippen LogP contribution in [0.5, 0.6) is 0 Å². The molecule has 0 amide bonds. The predicted octanol–water partition coefficient (Wildman–Crippen LogP) is 4.53. The molecule has 0 aliphatic rings. The van der Waals surface area contributed by atoms with E-state index in [9.17, 15) is 5.11 Å². The van der Waals surface area contributed by atoms with Crippen LogP contribution in [-0.4, -0.2) is 11.2 Å². The number of hydrogen-bond acceptors (Lipinski definition) is 1. The summed E-state index contributed by atoms with van der Waals surface area (Å²) in [5.74, 6) is 0.498. The first-order valence-electron chi connectivity index (χ1n) is 6.90. The molecule has 0 radical (unpaired) electrons. The number of aliphatic hydroxyl groups excluding tert-OH is 1. The van der Waals surface area contributed by atoms with Crippen molar-refractivity contribution in [2.75, 3.05) is 0 Å². The molecule has 0 aliphatic heterocycles. The summed E-state index contributed by atoms with van der Waals surface area (Å²) < 4.78 is 0. The molecule has 0 saturated carbocycles. The second-order valence-electron chi connectivity index (χ2n) is 4.89. The molecule has 1 N–H and O–H groups in total. The molecule has 0 saturated heterocycles. The molecule has 1 nitrogen and oxygen atoms in total. The highest BCUT2D eigenvalue weighted by atomic mass is 16.3. The zero-order valence-electron chi connectivity index (χ0n) is 11.0. The van der Waals surface area contributed by atoms with E-state index in [4.69, 9.17) is 0 Å². The molecule has 92 valence electrons. The van der Waals surface area contributed by atoms with E-state index in [1.54, 1.807) is 0 Å². The highest BCUT2D eigenvalue weighted by Gasteiger charge is 2.12. The van der Waals surface area contributed by atoms with Gasteiger partial charge in [-0.25, -0.2) is 0 Å². The summed E-state index contributed by atoms with van der Waals surface area (Å²) in [6.07, 6.45) is 11.1. The molecular weight excluding hydrogens is 184 g/mol. The summed E-state index contributed by atoms with van der Waals surface area (Å²) in [5.41, 5.74) is 0. The van der Waals surface area contributed by atoms with Gasteiger partial charge in [-0.15, -0.1) is 0 Å². The van der Waals surface area contributed by atoms with Crippen LogP contribution in [0.15, 0.2) is 0 Å². The minimum Gasteiger partial charge on any atom is -0.393 e. The molecule has 2 unspecified atom stereocenters. The summed E-state index contributed by atoms with van der Waals surface area (Å²) >= 11 is 0. The van der Waals surface area contributed by atoms with Crippen molar-refractivity contribution in [1.82, 2.24) is 0 Å². The maximum absolute atomic E-state index is 9.92. The van der Waals surface area contributed by atoms with Gasteiger partial charge in [0.15, 0.2) is 0 Å². The van der Waals surface area contributed by atoms with Crippen LogP contribution in [0.2, 0.25) is 0 Å². The van der Waals surface area contributed by atoms with E-state index in [0.29, 0.717) is 5.92 Å². The van der Waals surface area contributed by atoms with E-state index >= 15 is 0 Å². The van der Waals surface area contributed by atoms with Gasteiger partial charge in [-0.3, -0.25) is 0 Å².